The van der Waals surface area contributed by atoms with Crippen LogP contribution in [0.25, 0.3) is 27.8 Å². The molecule has 0 fully saturated rings. The molecule has 2 aromatic heterocycles. The lowest BCUT2D eigenvalue weighted by Gasteiger charge is -2.09. The summed E-state index contributed by atoms with van der Waals surface area (Å²) >= 11 is 6.11. The third-order valence-electron chi connectivity index (χ3n) is 5.51. The highest BCUT2D eigenvalue weighted by Gasteiger charge is 2.14. The molecule has 0 saturated heterocycles. The van der Waals surface area contributed by atoms with Gasteiger partial charge in [0.1, 0.15) is 5.69 Å². The summed E-state index contributed by atoms with van der Waals surface area (Å²) in [4.78, 5) is 4.38. The number of methoxy groups -OCH3 is 2. The summed E-state index contributed by atoms with van der Waals surface area (Å²) in [7, 11) is 3.23. The maximum atomic E-state index is 6.11. The third kappa shape index (κ3) is 4.67. The van der Waals surface area contributed by atoms with E-state index in [1.807, 2.05) is 83.7 Å². The largest absolute Gasteiger partial charge is 0.493 e. The molecule has 0 amide bonds. The summed E-state index contributed by atoms with van der Waals surface area (Å²) < 4.78 is 12.7. The molecule has 0 aliphatic rings. The first-order valence-electron chi connectivity index (χ1n) is 10.9. The lowest BCUT2D eigenvalue weighted by Crippen LogP contribution is -1.95. The van der Waals surface area contributed by atoms with E-state index in [2.05, 4.69) is 15.5 Å². The van der Waals surface area contributed by atoms with E-state index in [0.717, 1.165) is 39.1 Å². The Morgan fingerprint density at radius 2 is 1.77 bits per heavy atom. The topological polar surface area (TPSA) is 73.6 Å². The maximum Gasteiger partial charge on any atom is 0.161 e. The fourth-order valence-electron chi connectivity index (χ4n) is 3.79. The average Bonchev–Trinajstić information content (AvgIpc) is 3.33. The standard InChI is InChI=1S/C27H22ClN5O2/c1-34-25-11-8-18(14-26(25)35-2)27-19(17-33(32-27)21-6-4-3-5-7-21)16-30-31-23-12-13-29-24-15-20(28)9-10-22(23)24/h3-17H,1-2H3,(H,29,31). The number of hydrogen-bond donors (Lipinski definition) is 1. The molecule has 0 aliphatic heterocycles. The fourth-order valence-corrected chi connectivity index (χ4v) is 3.96. The van der Waals surface area contributed by atoms with E-state index in [0.29, 0.717) is 16.5 Å². The highest BCUT2D eigenvalue weighted by atomic mass is 35.5. The van der Waals surface area contributed by atoms with Gasteiger partial charge in [-0.25, -0.2) is 4.68 Å². The smallest absolute Gasteiger partial charge is 0.161 e. The lowest BCUT2D eigenvalue weighted by molar-refractivity contribution is 0.355. The van der Waals surface area contributed by atoms with Crippen LogP contribution in [0.3, 0.4) is 0 Å². The molecule has 0 atom stereocenters. The number of nitrogens with zero attached hydrogens (tertiary/aromatic N) is 4. The number of anilines is 1. The Bertz CT molecular complexity index is 1520. The second kappa shape index (κ2) is 9.87. The van der Waals surface area contributed by atoms with E-state index in [9.17, 15) is 0 Å². The van der Waals surface area contributed by atoms with E-state index in [4.69, 9.17) is 26.2 Å². The minimum Gasteiger partial charge on any atom is -0.493 e. The molecule has 8 heteroatoms. The summed E-state index contributed by atoms with van der Waals surface area (Å²) in [6, 6.07) is 23.1. The molecule has 35 heavy (non-hydrogen) atoms. The second-order valence-corrected chi connectivity index (χ2v) is 8.11. The minimum atomic E-state index is 0.627. The van der Waals surface area contributed by atoms with Gasteiger partial charge < -0.3 is 9.47 Å². The predicted molar refractivity (Wildman–Crippen MR) is 140 cm³/mol. The first-order chi connectivity index (χ1) is 17.2. The monoisotopic (exact) mass is 483 g/mol. The number of fused-ring (bicyclic) bond motifs is 1. The van der Waals surface area contributed by atoms with E-state index >= 15 is 0 Å². The summed E-state index contributed by atoms with van der Waals surface area (Å²) in [5, 5.41) is 10.9. The number of ether oxygens (including phenoxy) is 2. The van der Waals surface area contributed by atoms with Gasteiger partial charge in [0.05, 0.1) is 37.3 Å². The molecule has 0 unspecified atom stereocenters. The Balaban J connectivity index is 1.53. The van der Waals surface area contributed by atoms with Gasteiger partial charge in [0.15, 0.2) is 11.5 Å². The fraction of sp³-hybridized carbons (Fsp3) is 0.0741. The Morgan fingerprint density at radius 3 is 2.57 bits per heavy atom. The summed E-state index contributed by atoms with van der Waals surface area (Å²) in [6.45, 7) is 0. The summed E-state index contributed by atoms with van der Waals surface area (Å²) in [6.07, 6.45) is 5.41. The van der Waals surface area contributed by atoms with Gasteiger partial charge in [-0.1, -0.05) is 29.8 Å². The molecule has 5 rings (SSSR count). The first-order valence-corrected chi connectivity index (χ1v) is 11.2. The summed E-state index contributed by atoms with van der Waals surface area (Å²) in [5.41, 5.74) is 8.15. The highest BCUT2D eigenvalue weighted by molar-refractivity contribution is 6.31. The number of benzene rings is 3. The maximum absolute atomic E-state index is 6.11. The Morgan fingerprint density at radius 1 is 0.943 bits per heavy atom. The van der Waals surface area contributed by atoms with Gasteiger partial charge >= 0.3 is 0 Å². The van der Waals surface area contributed by atoms with Crippen LogP contribution >= 0.6 is 11.6 Å². The number of nitrogens with one attached hydrogen (secondary N) is 1. The second-order valence-electron chi connectivity index (χ2n) is 7.67. The van der Waals surface area contributed by atoms with Crippen LogP contribution in [-0.2, 0) is 0 Å². The summed E-state index contributed by atoms with van der Waals surface area (Å²) in [5.74, 6) is 1.28. The normalized spacial score (nSPS) is 11.2. The number of halogens is 1. The zero-order valence-corrected chi connectivity index (χ0v) is 19.9. The molecule has 174 valence electrons. The van der Waals surface area contributed by atoms with Crippen LogP contribution in [0, 0.1) is 0 Å². The molecule has 5 aromatic rings. The predicted octanol–water partition coefficient (Wildman–Crippen LogP) is 6.20. The number of para-hydroxylation sites is 1. The zero-order chi connectivity index (χ0) is 24.2. The molecule has 0 radical (unpaired) electrons. The number of hydrogen-bond acceptors (Lipinski definition) is 6. The van der Waals surface area contributed by atoms with Crippen LogP contribution in [0.2, 0.25) is 5.02 Å². The van der Waals surface area contributed by atoms with Gasteiger partial charge in [0.25, 0.3) is 0 Å². The molecule has 3 aromatic carbocycles. The molecule has 0 aliphatic carbocycles. The molecular weight excluding hydrogens is 462 g/mol. The van der Waals surface area contributed by atoms with Crippen LogP contribution in [0.4, 0.5) is 5.69 Å². The molecule has 1 N–H and O–H groups in total. The van der Waals surface area contributed by atoms with Crippen LogP contribution in [-0.4, -0.2) is 35.2 Å². The molecule has 0 bridgehead atoms. The molecule has 0 spiro atoms. The number of aromatic nitrogens is 3. The van der Waals surface area contributed by atoms with Crippen molar-refractivity contribution in [2.24, 2.45) is 5.10 Å². The SMILES string of the molecule is COc1ccc(-c2nn(-c3ccccc3)cc2C=NNc2ccnc3cc(Cl)ccc23)cc1OC. The third-order valence-corrected chi connectivity index (χ3v) is 5.75. The number of rotatable bonds is 7. The molecule has 0 saturated carbocycles. The Hall–Kier alpha value is -4.36. The van der Waals surface area contributed by atoms with E-state index in [1.54, 1.807) is 26.6 Å². The van der Waals surface area contributed by atoms with Crippen LogP contribution in [0.15, 0.2) is 90.3 Å². The van der Waals surface area contributed by atoms with E-state index in [1.165, 1.54) is 0 Å². The highest BCUT2D eigenvalue weighted by Crippen LogP contribution is 2.33. The van der Waals surface area contributed by atoms with Crippen molar-refractivity contribution in [1.82, 2.24) is 14.8 Å². The zero-order valence-electron chi connectivity index (χ0n) is 19.1. The van der Waals surface area contributed by atoms with Crippen LogP contribution < -0.4 is 14.9 Å². The average molecular weight is 484 g/mol. The van der Waals surface area contributed by atoms with E-state index < -0.39 is 0 Å². The lowest BCUT2D eigenvalue weighted by atomic mass is 10.1. The van der Waals surface area contributed by atoms with E-state index in [-0.39, 0.29) is 0 Å². The Kier molecular flexibility index (Phi) is 6.32. The van der Waals surface area contributed by atoms with Crippen LogP contribution in [0.5, 0.6) is 11.5 Å². The van der Waals surface area contributed by atoms with Crippen LogP contribution in [0.1, 0.15) is 5.56 Å². The van der Waals surface area contributed by atoms with Crippen molar-refractivity contribution >= 4 is 34.4 Å². The van der Waals surface area contributed by atoms with Gasteiger partial charge in [-0.3, -0.25) is 10.4 Å². The van der Waals surface area contributed by atoms with Crippen molar-refractivity contribution in [1.29, 1.82) is 0 Å². The van der Waals surface area contributed by atoms with Gasteiger partial charge in [0, 0.05) is 33.9 Å². The minimum absolute atomic E-state index is 0.627. The van der Waals surface area contributed by atoms with Gasteiger partial charge in [0.2, 0.25) is 0 Å². The van der Waals surface area contributed by atoms with Crippen molar-refractivity contribution in [2.75, 3.05) is 19.6 Å². The quantitative estimate of drug-likeness (QED) is 0.220. The van der Waals surface area contributed by atoms with Crippen molar-refractivity contribution in [3.8, 4) is 28.4 Å². The molecular formula is C27H22ClN5O2. The molecule has 7 nitrogen and oxygen atoms in total. The Labute approximate surface area is 207 Å². The van der Waals surface area contributed by atoms with Crippen molar-refractivity contribution < 1.29 is 9.47 Å². The van der Waals surface area contributed by atoms with Gasteiger partial charge in [-0.15, -0.1) is 0 Å². The van der Waals surface area contributed by atoms with Gasteiger partial charge in [-0.05, 0) is 54.6 Å². The first kappa shape index (κ1) is 22.4. The molecule has 2 heterocycles. The number of pyridine rings is 1. The number of hydrazone groups is 1. The van der Waals surface area contributed by atoms with Crippen molar-refractivity contribution in [2.45, 2.75) is 0 Å². The van der Waals surface area contributed by atoms with Crippen molar-refractivity contribution in [3.63, 3.8) is 0 Å². The van der Waals surface area contributed by atoms with Gasteiger partial charge in [-0.2, -0.15) is 10.2 Å². The van der Waals surface area contributed by atoms with Crippen molar-refractivity contribution in [3.05, 3.63) is 95.8 Å².